The molecule has 0 radical (unpaired) electrons. The molecular formula is C29H33NO2. The zero-order valence-corrected chi connectivity index (χ0v) is 18.6. The Labute approximate surface area is 191 Å². The van der Waals surface area contributed by atoms with E-state index in [2.05, 4.69) is 60.7 Å². The molecule has 0 aliphatic heterocycles. The normalized spacial score (nSPS) is 22.4. The molecule has 2 aliphatic carbocycles. The van der Waals surface area contributed by atoms with Gasteiger partial charge in [0.1, 0.15) is 0 Å². The number of rotatable bonds is 7. The van der Waals surface area contributed by atoms with Crippen molar-refractivity contribution in [2.75, 3.05) is 0 Å². The van der Waals surface area contributed by atoms with E-state index in [1.165, 1.54) is 16.2 Å². The fourth-order valence-corrected chi connectivity index (χ4v) is 6.16. The Hall–Kier alpha value is -2.46. The zero-order chi connectivity index (χ0) is 22.0. The zero-order valence-electron chi connectivity index (χ0n) is 18.6. The summed E-state index contributed by atoms with van der Waals surface area (Å²) in [6.45, 7) is 0.421. The van der Waals surface area contributed by atoms with Crippen LogP contribution in [0, 0.1) is 5.92 Å². The molecule has 5 rings (SSSR count). The van der Waals surface area contributed by atoms with Crippen LogP contribution in [0.5, 0.6) is 0 Å². The molecule has 2 fully saturated rings. The van der Waals surface area contributed by atoms with Gasteiger partial charge < -0.3 is 10.3 Å². The van der Waals surface area contributed by atoms with Crippen LogP contribution in [0.3, 0.4) is 0 Å². The molecule has 2 atom stereocenters. The van der Waals surface area contributed by atoms with Gasteiger partial charge >= 0.3 is 0 Å². The van der Waals surface area contributed by atoms with E-state index in [-0.39, 0.29) is 17.4 Å². The van der Waals surface area contributed by atoms with E-state index in [0.717, 1.165) is 44.1 Å². The highest BCUT2D eigenvalue weighted by Crippen LogP contribution is 2.63. The van der Waals surface area contributed by atoms with Crippen molar-refractivity contribution in [2.45, 2.75) is 62.1 Å². The van der Waals surface area contributed by atoms with Crippen LogP contribution in [0.15, 0.2) is 91.0 Å². The van der Waals surface area contributed by atoms with Gasteiger partial charge in [-0.3, -0.25) is 0 Å². The van der Waals surface area contributed by atoms with E-state index in [9.17, 15) is 10.3 Å². The van der Waals surface area contributed by atoms with Crippen molar-refractivity contribution in [1.82, 2.24) is 5.06 Å². The lowest BCUT2D eigenvalue weighted by molar-refractivity contribution is -0.207. The second kappa shape index (κ2) is 8.82. The van der Waals surface area contributed by atoms with Gasteiger partial charge in [-0.15, -0.1) is 0 Å². The monoisotopic (exact) mass is 427 g/mol. The van der Waals surface area contributed by atoms with Crippen LogP contribution in [-0.2, 0) is 12.0 Å². The second-order valence-corrected chi connectivity index (χ2v) is 9.71. The van der Waals surface area contributed by atoms with Gasteiger partial charge in [0.2, 0.25) is 0 Å². The van der Waals surface area contributed by atoms with E-state index >= 15 is 0 Å². The summed E-state index contributed by atoms with van der Waals surface area (Å²) in [6, 6.07) is 31.1. The molecule has 166 valence electrons. The maximum absolute atomic E-state index is 11.9. The molecule has 2 aliphatic rings. The molecular weight excluding hydrogens is 394 g/mol. The van der Waals surface area contributed by atoms with Crippen molar-refractivity contribution in [3.05, 3.63) is 108 Å². The lowest BCUT2D eigenvalue weighted by atomic mass is 9.74. The van der Waals surface area contributed by atoms with E-state index in [4.69, 9.17) is 0 Å². The second-order valence-electron chi connectivity index (χ2n) is 9.71. The van der Waals surface area contributed by atoms with Gasteiger partial charge in [0.15, 0.2) is 0 Å². The van der Waals surface area contributed by atoms with Crippen LogP contribution in [0.25, 0.3) is 0 Å². The Morgan fingerprint density at radius 3 is 1.78 bits per heavy atom. The molecule has 0 bridgehead atoms. The van der Waals surface area contributed by atoms with E-state index in [1.54, 1.807) is 0 Å². The lowest BCUT2D eigenvalue weighted by Crippen LogP contribution is -2.55. The minimum absolute atomic E-state index is 0.143. The van der Waals surface area contributed by atoms with Crippen LogP contribution in [0.1, 0.15) is 55.2 Å². The Morgan fingerprint density at radius 1 is 0.750 bits per heavy atom. The van der Waals surface area contributed by atoms with E-state index < -0.39 is 5.60 Å². The summed E-state index contributed by atoms with van der Waals surface area (Å²) < 4.78 is 0. The minimum Gasteiger partial charge on any atom is -0.388 e. The Morgan fingerprint density at radius 2 is 1.25 bits per heavy atom. The highest BCUT2D eigenvalue weighted by Gasteiger charge is 2.64. The molecule has 32 heavy (non-hydrogen) atoms. The predicted molar refractivity (Wildman–Crippen MR) is 127 cm³/mol. The van der Waals surface area contributed by atoms with Gasteiger partial charge in [0, 0.05) is 12.0 Å². The number of nitrogens with zero attached hydrogens (tertiary/aromatic N) is 1. The Bertz CT molecular complexity index is 960. The molecule has 0 spiro atoms. The first-order valence-electron chi connectivity index (χ1n) is 12.0. The third-order valence-electron chi connectivity index (χ3n) is 7.75. The molecule has 3 heteroatoms. The first-order chi connectivity index (χ1) is 15.6. The molecule has 3 nitrogen and oxygen atoms in total. The average molecular weight is 428 g/mol. The molecule has 2 N–H and O–H groups in total. The first kappa shape index (κ1) is 21.4. The van der Waals surface area contributed by atoms with E-state index in [0.29, 0.717) is 6.54 Å². The van der Waals surface area contributed by atoms with Crippen molar-refractivity contribution in [3.63, 3.8) is 0 Å². The third-order valence-corrected chi connectivity index (χ3v) is 7.75. The van der Waals surface area contributed by atoms with Gasteiger partial charge in [-0.25, -0.2) is 0 Å². The smallest absolute Gasteiger partial charge is 0.0828 e. The molecule has 0 heterocycles. The van der Waals surface area contributed by atoms with Gasteiger partial charge in [-0.1, -0.05) is 110 Å². The van der Waals surface area contributed by atoms with Gasteiger partial charge in [0.05, 0.1) is 11.6 Å². The van der Waals surface area contributed by atoms with Crippen molar-refractivity contribution in [1.29, 1.82) is 0 Å². The largest absolute Gasteiger partial charge is 0.388 e. The maximum Gasteiger partial charge on any atom is 0.0828 e. The average Bonchev–Trinajstić information content (AvgIpc) is 3.57. The van der Waals surface area contributed by atoms with Gasteiger partial charge in [-0.05, 0) is 41.9 Å². The van der Waals surface area contributed by atoms with Crippen molar-refractivity contribution in [2.24, 2.45) is 5.92 Å². The van der Waals surface area contributed by atoms with E-state index in [1.807, 2.05) is 30.3 Å². The first-order valence-corrected chi connectivity index (χ1v) is 12.0. The summed E-state index contributed by atoms with van der Waals surface area (Å²) in [5.74, 6) is 0.143. The topological polar surface area (TPSA) is 43.7 Å². The van der Waals surface area contributed by atoms with Crippen LogP contribution >= 0.6 is 0 Å². The van der Waals surface area contributed by atoms with Gasteiger partial charge in [-0.2, -0.15) is 5.06 Å². The highest BCUT2D eigenvalue weighted by atomic mass is 16.5. The van der Waals surface area contributed by atoms with Crippen LogP contribution in [0.4, 0.5) is 0 Å². The number of hydroxylamine groups is 2. The summed E-state index contributed by atoms with van der Waals surface area (Å²) in [5.41, 5.74) is 2.54. The fraction of sp³-hybridized carbons (Fsp3) is 0.379. The molecule has 0 saturated heterocycles. The SMILES string of the molecule is ON(Cc1ccccc1)C(C1CC1(c1ccccc1)c1ccccc1)C1(O)CCCCC1. The van der Waals surface area contributed by atoms with Crippen LogP contribution < -0.4 is 0 Å². The van der Waals surface area contributed by atoms with Crippen LogP contribution in [0.2, 0.25) is 0 Å². The molecule has 3 aromatic carbocycles. The number of aliphatic hydroxyl groups is 1. The van der Waals surface area contributed by atoms with Gasteiger partial charge in [0.25, 0.3) is 0 Å². The number of hydrogen-bond acceptors (Lipinski definition) is 3. The number of hydrogen-bond donors (Lipinski definition) is 2. The van der Waals surface area contributed by atoms with Crippen LogP contribution in [-0.4, -0.2) is 27.0 Å². The lowest BCUT2D eigenvalue weighted by Gasteiger charge is -2.44. The minimum atomic E-state index is -0.877. The maximum atomic E-state index is 11.9. The molecule has 0 amide bonds. The predicted octanol–water partition coefficient (Wildman–Crippen LogP) is 5.95. The molecule has 2 saturated carbocycles. The molecule has 0 aromatic heterocycles. The molecule has 2 unspecified atom stereocenters. The summed E-state index contributed by atoms with van der Waals surface area (Å²) in [5, 5.41) is 24.9. The number of benzene rings is 3. The third kappa shape index (κ3) is 3.90. The summed E-state index contributed by atoms with van der Waals surface area (Å²) in [4.78, 5) is 0. The standard InChI is InChI=1S/C29H33NO2/c31-28(19-11-4-12-20-28)27(30(32)22-23-13-5-1-6-14-23)26-21-29(26,24-15-7-2-8-16-24)25-17-9-3-10-18-25/h1-3,5-10,13-18,26-27,31-32H,4,11-12,19-22H2. The molecule has 3 aromatic rings. The Balaban J connectivity index is 1.55. The Kier molecular flexibility index (Phi) is 5.90. The summed E-state index contributed by atoms with van der Waals surface area (Å²) >= 11 is 0. The highest BCUT2D eigenvalue weighted by molar-refractivity contribution is 5.48. The quantitative estimate of drug-likeness (QED) is 0.458. The van der Waals surface area contributed by atoms with Crippen molar-refractivity contribution in [3.8, 4) is 0 Å². The summed E-state index contributed by atoms with van der Waals surface area (Å²) in [7, 11) is 0. The fourth-order valence-electron chi connectivity index (χ4n) is 6.16. The van der Waals surface area contributed by atoms with Crippen molar-refractivity contribution < 1.29 is 10.3 Å². The van der Waals surface area contributed by atoms with Crippen molar-refractivity contribution >= 4 is 0 Å². The summed E-state index contributed by atoms with van der Waals surface area (Å²) in [6.07, 6.45) is 5.62.